The van der Waals surface area contributed by atoms with Gasteiger partial charge in [0.2, 0.25) is 24.0 Å². The summed E-state index contributed by atoms with van der Waals surface area (Å²) < 4.78 is 23.6. The zero-order valence-electron chi connectivity index (χ0n) is 53.6. The van der Waals surface area contributed by atoms with Crippen molar-refractivity contribution >= 4 is 53.1 Å². The second kappa shape index (κ2) is 33.4. The summed E-state index contributed by atoms with van der Waals surface area (Å²) in [7, 11) is 8.39. The molecular weight excluding hydrogens is 1150 g/mol. The van der Waals surface area contributed by atoms with Crippen LogP contribution in [-0.4, -0.2) is 239 Å². The summed E-state index contributed by atoms with van der Waals surface area (Å²) in [5.41, 5.74) is 7.74. The minimum Gasteiger partial charge on any atom is -0.480 e. The number of likely N-dealkylation sites (N-methyl/N-ethyl adjacent to an activating group) is 2. The molecule has 5 rings (SSSR count). The summed E-state index contributed by atoms with van der Waals surface area (Å²) in [4.78, 5) is 111. The molecule has 0 bridgehead atoms. The smallest absolute Gasteiger partial charge is 0.335 e. The molecule has 26 heteroatoms. The van der Waals surface area contributed by atoms with Gasteiger partial charge in [-0.3, -0.25) is 33.7 Å². The zero-order chi connectivity index (χ0) is 66.2. The second-order valence-corrected chi connectivity index (χ2v) is 25.0. The van der Waals surface area contributed by atoms with Crippen molar-refractivity contribution in [3.8, 4) is 5.75 Å². The number of imide groups is 1. The highest BCUT2D eigenvalue weighted by atomic mass is 16.7. The molecule has 0 spiro atoms. The highest BCUT2D eigenvalue weighted by molar-refractivity contribution is 6.13. The molecule has 0 unspecified atom stereocenters. The van der Waals surface area contributed by atoms with Gasteiger partial charge in [0.05, 0.1) is 62.5 Å². The van der Waals surface area contributed by atoms with Crippen molar-refractivity contribution in [1.29, 1.82) is 0 Å². The average Bonchev–Trinajstić information content (AvgIpc) is 2.69. The lowest BCUT2D eigenvalue weighted by molar-refractivity contribution is -0.922. The minimum atomic E-state index is -1.94. The van der Waals surface area contributed by atoms with E-state index in [0.29, 0.717) is 56.6 Å². The summed E-state index contributed by atoms with van der Waals surface area (Å²) in [6, 6.07) is 9.38. The van der Waals surface area contributed by atoms with Gasteiger partial charge in [-0.1, -0.05) is 85.2 Å². The number of anilines is 1. The number of nitrogens with zero attached hydrogens (tertiary/aromatic N) is 4. The van der Waals surface area contributed by atoms with E-state index in [1.165, 1.54) is 26.4 Å². The number of carbonyl (C=O) groups excluding carboxylic acids is 6. The first-order valence-electron chi connectivity index (χ1n) is 30.8. The molecule has 3 aliphatic rings. The number of carbonyl (C=O) groups is 8. The van der Waals surface area contributed by atoms with Gasteiger partial charge in [0.1, 0.15) is 42.7 Å². The number of amides is 6. The number of hydrogen-bond acceptors (Lipinski definition) is 18. The van der Waals surface area contributed by atoms with E-state index >= 15 is 4.79 Å². The number of carboxylic acids is 2. The number of rotatable bonds is 35. The van der Waals surface area contributed by atoms with Crippen LogP contribution in [-0.2, 0) is 65.5 Å². The summed E-state index contributed by atoms with van der Waals surface area (Å²) >= 11 is 0. The number of nitrogens with one attached hydrogen (secondary N) is 4. The lowest BCUT2D eigenvalue weighted by Crippen LogP contribution is -2.63. The molecule has 15 atom stereocenters. The summed E-state index contributed by atoms with van der Waals surface area (Å²) in [5.74, 6) is -6.80. The fourth-order valence-corrected chi connectivity index (χ4v) is 12.6. The monoisotopic (exact) mass is 1250 g/mol. The van der Waals surface area contributed by atoms with Crippen molar-refractivity contribution < 1.29 is 87.3 Å². The molecule has 2 aromatic carbocycles. The standard InChI is InChI=1S/C63H97N9O17/c1-13-37(6)51(46(86-11)31-49(75)70-28-17-21-44(70)56(87-12)38(7)58(79)67-43(61(82)83)29-39-19-15-14-16-20-39)69(8)60(81)50(35(2)3)68-59(80)52(36(4)5)72(9,10)34-40-22-23-45(88-63-55(78)53(76)54(77)57(89-63)62(84)85)42(30-40)66-27-18-26-65-33-41(32-64)71-47(73)24-25-48(71)74/h14-16,19-20,22-25,30,35-38,41,43-44,46,50-57,63,65-66,76-78H,13,17-18,21,26-29,31-34,64H2,1-12H3,(H3-,67,68,79,80,82,83,84,85)/p+1/t37-,38+,41-,43-,44-,46+,50-,51-,52-,53-,54-,55+,56+,57-,63+/m0/s1. The van der Waals surface area contributed by atoms with E-state index in [1.54, 1.807) is 66.2 Å². The fraction of sp³-hybridized carbons (Fsp3) is 0.651. The van der Waals surface area contributed by atoms with Crippen LogP contribution in [0.1, 0.15) is 91.7 Å². The Hall–Kier alpha value is -6.62. The molecule has 0 aromatic heterocycles. The molecule has 2 fully saturated rings. The molecular formula is C63H98N9O17+. The molecule has 2 aromatic rings. The molecule has 11 N–H and O–H groups in total. The van der Waals surface area contributed by atoms with Crippen LogP contribution in [0.4, 0.5) is 5.69 Å². The van der Waals surface area contributed by atoms with Crippen molar-refractivity contribution in [2.24, 2.45) is 29.4 Å². The predicted molar refractivity (Wildman–Crippen MR) is 328 cm³/mol. The minimum absolute atomic E-state index is 0.0468. The molecule has 6 amide bonds. The third kappa shape index (κ3) is 18.7. The van der Waals surface area contributed by atoms with E-state index in [4.69, 9.17) is 24.7 Å². The van der Waals surface area contributed by atoms with Crippen LogP contribution < -0.4 is 31.7 Å². The van der Waals surface area contributed by atoms with Crippen molar-refractivity contribution in [2.75, 3.05) is 73.4 Å². The molecule has 0 radical (unpaired) electrons. The van der Waals surface area contributed by atoms with Crippen LogP contribution in [0.3, 0.4) is 0 Å². The maximum Gasteiger partial charge on any atom is 0.335 e. The summed E-state index contributed by atoms with van der Waals surface area (Å²) in [5, 5.41) is 63.9. The highest BCUT2D eigenvalue weighted by Gasteiger charge is 2.49. The molecule has 0 saturated carbocycles. The first-order valence-corrected chi connectivity index (χ1v) is 30.8. The van der Waals surface area contributed by atoms with Gasteiger partial charge in [-0.15, -0.1) is 0 Å². The van der Waals surface area contributed by atoms with Gasteiger partial charge in [-0.2, -0.15) is 0 Å². The van der Waals surface area contributed by atoms with Crippen LogP contribution in [0.25, 0.3) is 0 Å². The first kappa shape index (κ1) is 73.1. The van der Waals surface area contributed by atoms with E-state index in [-0.39, 0.29) is 72.3 Å². The van der Waals surface area contributed by atoms with Crippen LogP contribution in [0.5, 0.6) is 5.75 Å². The van der Waals surface area contributed by atoms with Gasteiger partial charge in [0.25, 0.3) is 17.7 Å². The quantitative estimate of drug-likeness (QED) is 0.0262. The number of methoxy groups -OCH3 is 2. The fourth-order valence-electron chi connectivity index (χ4n) is 12.6. The number of quaternary nitrogens is 1. The zero-order valence-corrected chi connectivity index (χ0v) is 53.6. The number of hydrogen-bond donors (Lipinski definition) is 10. The summed E-state index contributed by atoms with van der Waals surface area (Å²) in [6.45, 7) is 14.8. The maximum absolute atomic E-state index is 15.0. The number of benzene rings is 2. The second-order valence-electron chi connectivity index (χ2n) is 25.0. The maximum atomic E-state index is 15.0. The third-order valence-corrected chi connectivity index (χ3v) is 17.4. The Morgan fingerprint density at radius 3 is 2.08 bits per heavy atom. The number of ether oxygens (including phenoxy) is 4. The van der Waals surface area contributed by atoms with E-state index in [0.717, 1.165) is 10.5 Å². The Balaban J connectivity index is 1.31. The lowest BCUT2D eigenvalue weighted by atomic mass is 9.89. The van der Waals surface area contributed by atoms with Gasteiger partial charge >= 0.3 is 11.9 Å². The Morgan fingerprint density at radius 2 is 1.51 bits per heavy atom. The van der Waals surface area contributed by atoms with E-state index in [2.05, 4.69) is 21.3 Å². The molecule has 2 saturated heterocycles. The van der Waals surface area contributed by atoms with Gasteiger partial charge in [0.15, 0.2) is 12.1 Å². The number of aliphatic hydroxyl groups is 3. The van der Waals surface area contributed by atoms with Gasteiger partial charge in [-0.25, -0.2) is 9.59 Å². The van der Waals surface area contributed by atoms with Gasteiger partial charge in [-0.05, 0) is 61.4 Å². The molecule has 89 heavy (non-hydrogen) atoms. The Kier molecular flexibility index (Phi) is 27.5. The Morgan fingerprint density at radius 1 is 0.843 bits per heavy atom. The number of carboxylic acid groups (broad SMARTS) is 2. The number of aliphatic carboxylic acids is 2. The number of nitrogens with two attached hydrogens (primary N) is 1. The molecule has 26 nitrogen and oxygen atoms in total. The molecule has 0 aliphatic carbocycles. The lowest BCUT2D eigenvalue weighted by Gasteiger charge is -2.42. The van der Waals surface area contributed by atoms with Crippen LogP contribution in [0.2, 0.25) is 0 Å². The van der Waals surface area contributed by atoms with Crippen molar-refractivity contribution in [1.82, 2.24) is 30.7 Å². The van der Waals surface area contributed by atoms with Crippen molar-refractivity contribution in [3.63, 3.8) is 0 Å². The summed E-state index contributed by atoms with van der Waals surface area (Å²) in [6.07, 6.45) is -6.29. The predicted octanol–water partition coefficient (Wildman–Crippen LogP) is 1.08. The van der Waals surface area contributed by atoms with E-state index < -0.39 is 121 Å². The SMILES string of the molecule is CC[C@H](C)[C@@H]([C@@H](CC(=O)N1CCC[C@H]1[C@H](OC)[C@@H](C)C(=O)N[C@@H](Cc1ccccc1)C(=O)O)OC)N(C)C(=O)[C@@H](NC(=O)[C@H](C(C)C)[N+](C)(C)Cc1ccc(O[C@@H]2O[C@H](C(=O)O)[C@@H](O)[C@H](O)[C@H]2O)c(NCCCNC[C@H](CN)N2C(=O)C=CC2=O)c1)C(C)C. The normalized spacial score (nSPS) is 22.6. The average molecular weight is 1250 g/mol. The molecule has 3 heterocycles. The van der Waals surface area contributed by atoms with Crippen LogP contribution in [0.15, 0.2) is 60.7 Å². The van der Waals surface area contributed by atoms with E-state index in [9.17, 15) is 59.1 Å². The highest BCUT2D eigenvalue weighted by Crippen LogP contribution is 2.34. The molecule has 496 valence electrons. The molecule has 3 aliphatic heterocycles. The third-order valence-electron chi connectivity index (χ3n) is 17.4. The van der Waals surface area contributed by atoms with Gasteiger partial charge in [0, 0.05) is 77.5 Å². The number of likely N-dealkylation sites (tertiary alicyclic amines) is 1. The topological polar surface area (TPSA) is 358 Å². The van der Waals surface area contributed by atoms with Gasteiger partial charge < -0.3 is 85.8 Å². The Labute approximate surface area is 522 Å². The number of aliphatic hydroxyl groups excluding tert-OH is 3. The van der Waals surface area contributed by atoms with E-state index in [1.807, 2.05) is 61.7 Å². The first-order chi connectivity index (χ1) is 42.0. The van der Waals surface area contributed by atoms with Crippen molar-refractivity contribution in [2.45, 2.75) is 173 Å². The Bertz CT molecular complexity index is 2740. The largest absolute Gasteiger partial charge is 0.480 e. The van der Waals surface area contributed by atoms with Crippen LogP contribution >= 0.6 is 0 Å². The van der Waals surface area contributed by atoms with Crippen molar-refractivity contribution in [3.05, 3.63) is 71.8 Å². The van der Waals surface area contributed by atoms with Crippen LogP contribution in [0, 0.1) is 23.7 Å².